The zero-order chi connectivity index (χ0) is 19.2. The van der Waals surface area contributed by atoms with Gasteiger partial charge in [-0.05, 0) is 32.9 Å². The number of anilines is 2. The molecule has 0 unspecified atom stereocenters. The third-order valence-electron chi connectivity index (χ3n) is 4.83. The molecule has 142 valence electrons. The number of fused-ring (bicyclic) bond motifs is 1. The molecule has 0 radical (unpaired) electrons. The molecule has 1 aliphatic heterocycles. The highest BCUT2D eigenvalue weighted by Gasteiger charge is 2.24. The molecule has 3 aromatic rings. The number of aromatic nitrogens is 4. The van der Waals surface area contributed by atoms with Crippen LogP contribution >= 0.6 is 11.6 Å². The van der Waals surface area contributed by atoms with E-state index in [1.165, 1.54) is 0 Å². The lowest BCUT2D eigenvalue weighted by molar-refractivity contribution is 0.366. The van der Waals surface area contributed by atoms with Gasteiger partial charge in [0.1, 0.15) is 5.39 Å². The molecular weight excluding hydrogens is 364 g/mol. The van der Waals surface area contributed by atoms with E-state index >= 15 is 0 Å². The van der Waals surface area contributed by atoms with Gasteiger partial charge in [0.2, 0.25) is 5.95 Å². The maximum absolute atomic E-state index is 12.5. The fourth-order valence-corrected chi connectivity index (χ4v) is 3.67. The van der Waals surface area contributed by atoms with Crippen molar-refractivity contribution in [2.24, 2.45) is 0 Å². The Balaban J connectivity index is 1.61. The molecule has 1 saturated heterocycles. The van der Waals surface area contributed by atoms with Crippen molar-refractivity contribution in [2.75, 3.05) is 36.0 Å². The summed E-state index contributed by atoms with van der Waals surface area (Å²) in [7, 11) is 0. The Morgan fingerprint density at radius 2 is 1.74 bits per heavy atom. The highest BCUT2D eigenvalue weighted by Crippen LogP contribution is 2.27. The number of rotatable bonds is 2. The minimum Gasteiger partial charge on any atom is -0.367 e. The van der Waals surface area contributed by atoms with E-state index in [9.17, 15) is 4.79 Å². The van der Waals surface area contributed by atoms with Crippen molar-refractivity contribution in [2.45, 2.75) is 26.3 Å². The second-order valence-electron chi connectivity index (χ2n) is 7.78. The van der Waals surface area contributed by atoms with Crippen LogP contribution in [0.4, 0.5) is 11.6 Å². The Kier molecular flexibility index (Phi) is 4.34. The summed E-state index contributed by atoms with van der Waals surface area (Å²) in [4.78, 5) is 24.5. The Bertz CT molecular complexity index is 1030. The summed E-state index contributed by atoms with van der Waals surface area (Å²) in [5, 5.41) is 5.64. The van der Waals surface area contributed by atoms with Crippen LogP contribution < -0.4 is 15.4 Å². The molecule has 0 amide bonds. The third kappa shape index (κ3) is 3.27. The number of piperazine rings is 1. The summed E-state index contributed by atoms with van der Waals surface area (Å²) in [5.74, 6) is 0.595. The summed E-state index contributed by atoms with van der Waals surface area (Å²) in [5.41, 5.74) is 1.26. The molecule has 0 atom stereocenters. The molecule has 0 spiro atoms. The van der Waals surface area contributed by atoms with Crippen LogP contribution in [-0.2, 0) is 5.54 Å². The Morgan fingerprint density at radius 3 is 2.41 bits per heavy atom. The highest BCUT2D eigenvalue weighted by atomic mass is 35.5. The highest BCUT2D eigenvalue weighted by molar-refractivity contribution is 6.33. The van der Waals surface area contributed by atoms with Crippen molar-refractivity contribution in [3.63, 3.8) is 0 Å². The van der Waals surface area contributed by atoms with Crippen molar-refractivity contribution in [1.82, 2.24) is 19.7 Å². The second-order valence-corrected chi connectivity index (χ2v) is 8.19. The van der Waals surface area contributed by atoms with Crippen LogP contribution in [0.3, 0.4) is 0 Å². The van der Waals surface area contributed by atoms with Gasteiger partial charge in [-0.1, -0.05) is 23.7 Å². The molecule has 4 rings (SSSR count). The lowest BCUT2D eigenvalue weighted by Crippen LogP contribution is -2.47. The van der Waals surface area contributed by atoms with Gasteiger partial charge in [0.25, 0.3) is 5.56 Å². The van der Waals surface area contributed by atoms with Gasteiger partial charge in [-0.25, -0.2) is 4.68 Å². The topological polar surface area (TPSA) is 70.1 Å². The first-order valence-corrected chi connectivity index (χ1v) is 9.45. The number of aromatic amines is 1. The smallest absolute Gasteiger partial charge is 0.263 e. The molecule has 27 heavy (non-hydrogen) atoms. The monoisotopic (exact) mass is 386 g/mol. The molecular formula is C19H23ClN6O. The summed E-state index contributed by atoms with van der Waals surface area (Å²) in [6.07, 6.45) is 1.59. The van der Waals surface area contributed by atoms with E-state index in [0.717, 1.165) is 36.9 Å². The van der Waals surface area contributed by atoms with Gasteiger partial charge >= 0.3 is 0 Å². The van der Waals surface area contributed by atoms with Crippen molar-refractivity contribution in [1.29, 1.82) is 0 Å². The van der Waals surface area contributed by atoms with Gasteiger partial charge in [0.05, 0.1) is 22.4 Å². The minimum atomic E-state index is -0.247. The molecule has 1 N–H and O–H groups in total. The molecule has 8 heteroatoms. The van der Waals surface area contributed by atoms with E-state index in [2.05, 4.69) is 19.9 Å². The molecule has 1 aliphatic rings. The molecule has 7 nitrogen and oxygen atoms in total. The molecule has 2 aromatic heterocycles. The quantitative estimate of drug-likeness (QED) is 0.733. The molecule has 1 aromatic carbocycles. The summed E-state index contributed by atoms with van der Waals surface area (Å²) in [6.45, 7) is 9.26. The molecule has 1 fully saturated rings. The number of hydrogen-bond donors (Lipinski definition) is 1. The fourth-order valence-electron chi connectivity index (χ4n) is 3.41. The van der Waals surface area contributed by atoms with Gasteiger partial charge in [0.15, 0.2) is 5.65 Å². The number of hydrogen-bond acceptors (Lipinski definition) is 5. The molecule has 0 bridgehead atoms. The molecule has 0 aliphatic carbocycles. The molecule has 3 heterocycles. The lowest BCUT2D eigenvalue weighted by atomic mass is 10.1. The van der Waals surface area contributed by atoms with Crippen LogP contribution in [0.5, 0.6) is 0 Å². The summed E-state index contributed by atoms with van der Waals surface area (Å²) < 4.78 is 1.81. The van der Waals surface area contributed by atoms with E-state index < -0.39 is 0 Å². The van der Waals surface area contributed by atoms with Crippen LogP contribution in [0.25, 0.3) is 11.0 Å². The number of nitrogens with zero attached hydrogens (tertiary/aromatic N) is 5. The van der Waals surface area contributed by atoms with Crippen LogP contribution in [0.15, 0.2) is 35.3 Å². The van der Waals surface area contributed by atoms with Gasteiger partial charge in [0, 0.05) is 26.2 Å². The largest absolute Gasteiger partial charge is 0.367 e. The van der Waals surface area contributed by atoms with Crippen molar-refractivity contribution in [3.05, 3.63) is 45.8 Å². The van der Waals surface area contributed by atoms with Gasteiger partial charge < -0.3 is 9.80 Å². The lowest BCUT2D eigenvalue weighted by Gasteiger charge is -2.36. The summed E-state index contributed by atoms with van der Waals surface area (Å²) >= 11 is 6.32. The first-order chi connectivity index (χ1) is 12.8. The van der Waals surface area contributed by atoms with Crippen molar-refractivity contribution in [3.8, 4) is 0 Å². The van der Waals surface area contributed by atoms with Crippen molar-refractivity contribution < 1.29 is 0 Å². The average Bonchev–Trinajstić information content (AvgIpc) is 3.07. The third-order valence-corrected chi connectivity index (χ3v) is 5.15. The Morgan fingerprint density at radius 1 is 1.07 bits per heavy atom. The Labute approximate surface area is 162 Å². The number of benzene rings is 1. The SMILES string of the molecule is CC(C)(C)n1ncc2c(=O)[nH]c(N3CCN(c4ccccc4Cl)CC3)nc21. The van der Waals surface area contributed by atoms with Gasteiger partial charge in [-0.3, -0.25) is 9.78 Å². The van der Waals surface area contributed by atoms with Crippen LogP contribution in [0.2, 0.25) is 5.02 Å². The second kappa shape index (κ2) is 6.56. The number of H-pyrrole nitrogens is 1. The van der Waals surface area contributed by atoms with E-state index in [4.69, 9.17) is 16.6 Å². The maximum Gasteiger partial charge on any atom is 0.263 e. The van der Waals surface area contributed by atoms with Crippen LogP contribution in [0, 0.1) is 0 Å². The number of halogens is 1. The van der Waals surface area contributed by atoms with Crippen LogP contribution in [0.1, 0.15) is 20.8 Å². The standard InChI is InChI=1S/C19H23ClN6O/c1-19(2,3)26-16-13(12-21-26)17(27)23-18(22-16)25-10-8-24(9-11-25)15-7-5-4-6-14(15)20/h4-7,12H,8-11H2,1-3H3,(H,22,23,27). The van der Waals surface area contributed by atoms with E-state index in [1.807, 2.05) is 45.0 Å². The normalized spacial score (nSPS) is 15.6. The van der Waals surface area contributed by atoms with Crippen molar-refractivity contribution >= 4 is 34.3 Å². The van der Waals surface area contributed by atoms with Gasteiger partial charge in [-0.2, -0.15) is 10.1 Å². The zero-order valence-corrected chi connectivity index (χ0v) is 16.5. The predicted molar refractivity (Wildman–Crippen MR) is 109 cm³/mol. The maximum atomic E-state index is 12.5. The minimum absolute atomic E-state index is 0.154. The number of para-hydroxylation sites is 1. The van der Waals surface area contributed by atoms with E-state index in [0.29, 0.717) is 17.0 Å². The zero-order valence-electron chi connectivity index (χ0n) is 15.7. The molecule has 0 saturated carbocycles. The van der Waals surface area contributed by atoms with E-state index in [-0.39, 0.29) is 11.1 Å². The first kappa shape index (κ1) is 17.9. The van der Waals surface area contributed by atoms with E-state index in [1.54, 1.807) is 10.9 Å². The van der Waals surface area contributed by atoms with Gasteiger partial charge in [-0.15, -0.1) is 0 Å². The average molecular weight is 387 g/mol. The summed E-state index contributed by atoms with van der Waals surface area (Å²) in [6, 6.07) is 7.87. The predicted octanol–water partition coefficient (Wildman–Crippen LogP) is 2.85. The Hall–Kier alpha value is -2.54. The van der Waals surface area contributed by atoms with Crippen LogP contribution in [-0.4, -0.2) is 45.9 Å². The number of nitrogens with one attached hydrogen (secondary N) is 1. The fraction of sp³-hybridized carbons (Fsp3) is 0.421. The first-order valence-electron chi connectivity index (χ1n) is 9.07.